The van der Waals surface area contributed by atoms with Crippen LogP contribution in [0.2, 0.25) is 0 Å². The summed E-state index contributed by atoms with van der Waals surface area (Å²) in [5.74, 6) is 0.938. The van der Waals surface area contributed by atoms with E-state index in [9.17, 15) is 4.79 Å². The number of nitrogens with zero attached hydrogens (tertiary/aromatic N) is 2. The molecule has 2 aromatic heterocycles. The van der Waals surface area contributed by atoms with E-state index in [1.54, 1.807) is 36.5 Å². The summed E-state index contributed by atoms with van der Waals surface area (Å²) in [7, 11) is 0. The summed E-state index contributed by atoms with van der Waals surface area (Å²) >= 11 is 2.94. The summed E-state index contributed by atoms with van der Waals surface area (Å²) in [6.07, 6.45) is 4.90. The molecule has 1 N–H and O–H groups in total. The van der Waals surface area contributed by atoms with Crippen LogP contribution in [0.15, 0.2) is 74.4 Å². The highest BCUT2D eigenvalue weighted by molar-refractivity contribution is 8.02. The van der Waals surface area contributed by atoms with E-state index < -0.39 is 0 Å². The Bertz CT molecular complexity index is 838. The lowest BCUT2D eigenvalue weighted by Crippen LogP contribution is -2.24. The maximum atomic E-state index is 12.0. The minimum atomic E-state index is -0.0705. The maximum absolute atomic E-state index is 12.0. The van der Waals surface area contributed by atoms with E-state index in [0.29, 0.717) is 6.54 Å². The van der Waals surface area contributed by atoms with Gasteiger partial charge in [-0.25, -0.2) is 9.97 Å². The summed E-state index contributed by atoms with van der Waals surface area (Å²) in [5, 5.41) is 4.38. The first-order chi connectivity index (χ1) is 12.2. The number of nitrogens with one attached hydrogen (secondary N) is 1. The lowest BCUT2D eigenvalue weighted by molar-refractivity contribution is -0.118. The van der Waals surface area contributed by atoms with Crippen molar-refractivity contribution >= 4 is 29.4 Å². The largest absolute Gasteiger partial charge is 0.467 e. The molecule has 7 heteroatoms. The summed E-state index contributed by atoms with van der Waals surface area (Å²) in [6.45, 7) is 2.45. The molecule has 5 nitrogen and oxygen atoms in total. The lowest BCUT2D eigenvalue weighted by Gasteiger charge is -2.08. The fourth-order valence-electron chi connectivity index (χ4n) is 2.04. The number of benzene rings is 1. The van der Waals surface area contributed by atoms with Crippen molar-refractivity contribution < 1.29 is 9.21 Å². The Hall–Kier alpha value is -2.25. The van der Waals surface area contributed by atoms with Crippen molar-refractivity contribution in [1.29, 1.82) is 0 Å². The summed E-state index contributed by atoms with van der Waals surface area (Å²) in [6, 6.07) is 11.8. The first-order valence-corrected chi connectivity index (χ1v) is 9.49. The number of furan rings is 1. The van der Waals surface area contributed by atoms with Crippen molar-refractivity contribution in [3.05, 3.63) is 66.4 Å². The van der Waals surface area contributed by atoms with Crippen LogP contribution in [0, 0.1) is 6.92 Å². The van der Waals surface area contributed by atoms with Gasteiger partial charge in [-0.3, -0.25) is 4.79 Å². The third kappa shape index (κ3) is 5.11. The van der Waals surface area contributed by atoms with Gasteiger partial charge in [-0.2, -0.15) is 0 Å². The van der Waals surface area contributed by atoms with Crippen LogP contribution in [0.5, 0.6) is 0 Å². The standard InChI is InChI=1S/C18H17N3O2S2/c1-13-5-2-3-7-15(13)25-18-17(19-8-9-20-18)24-12-16(22)21-11-14-6-4-10-23-14/h2-10H,11-12H2,1H3,(H,21,22). The predicted octanol–water partition coefficient (Wildman–Crippen LogP) is 3.94. The number of carbonyl (C=O) groups is 1. The number of hydrogen-bond acceptors (Lipinski definition) is 6. The molecule has 0 aliphatic heterocycles. The molecule has 0 aliphatic carbocycles. The molecule has 0 unspecified atom stereocenters. The van der Waals surface area contributed by atoms with E-state index in [4.69, 9.17) is 4.42 Å². The highest BCUT2D eigenvalue weighted by Gasteiger charge is 2.11. The van der Waals surface area contributed by atoms with Gasteiger partial charge in [0.15, 0.2) is 0 Å². The maximum Gasteiger partial charge on any atom is 0.230 e. The van der Waals surface area contributed by atoms with Crippen molar-refractivity contribution in [2.24, 2.45) is 0 Å². The Balaban J connectivity index is 1.59. The quantitative estimate of drug-likeness (QED) is 0.635. The molecular formula is C18H17N3O2S2. The second-order valence-electron chi connectivity index (χ2n) is 5.18. The molecule has 0 fully saturated rings. The molecule has 1 aromatic carbocycles. The van der Waals surface area contributed by atoms with Gasteiger partial charge in [0, 0.05) is 17.3 Å². The van der Waals surface area contributed by atoms with Crippen molar-refractivity contribution in [3.8, 4) is 0 Å². The average molecular weight is 371 g/mol. The zero-order chi connectivity index (χ0) is 17.5. The smallest absolute Gasteiger partial charge is 0.230 e. The van der Waals surface area contributed by atoms with E-state index in [0.717, 1.165) is 20.7 Å². The predicted molar refractivity (Wildman–Crippen MR) is 98.6 cm³/mol. The molecule has 0 saturated carbocycles. The number of amides is 1. The molecule has 128 valence electrons. The van der Waals surface area contributed by atoms with E-state index in [-0.39, 0.29) is 11.7 Å². The Labute approximate surface area is 154 Å². The monoisotopic (exact) mass is 371 g/mol. The fourth-order valence-corrected chi connectivity index (χ4v) is 3.86. The third-order valence-corrected chi connectivity index (χ3v) is 5.59. The molecule has 0 aliphatic rings. The van der Waals surface area contributed by atoms with Gasteiger partial charge in [0.2, 0.25) is 5.91 Å². The van der Waals surface area contributed by atoms with Gasteiger partial charge in [0.05, 0.1) is 18.6 Å². The van der Waals surface area contributed by atoms with Crippen LogP contribution in [-0.4, -0.2) is 21.6 Å². The molecule has 3 aromatic rings. The van der Waals surface area contributed by atoms with Gasteiger partial charge in [-0.15, -0.1) is 0 Å². The Kier molecular flexibility index (Phi) is 6.14. The topological polar surface area (TPSA) is 68.0 Å². The van der Waals surface area contributed by atoms with Crippen LogP contribution in [0.1, 0.15) is 11.3 Å². The van der Waals surface area contributed by atoms with E-state index in [1.165, 1.54) is 17.3 Å². The van der Waals surface area contributed by atoms with Crippen LogP contribution in [-0.2, 0) is 11.3 Å². The van der Waals surface area contributed by atoms with Gasteiger partial charge >= 0.3 is 0 Å². The third-order valence-electron chi connectivity index (χ3n) is 3.31. The zero-order valence-electron chi connectivity index (χ0n) is 13.6. The van der Waals surface area contributed by atoms with Crippen LogP contribution < -0.4 is 5.32 Å². The van der Waals surface area contributed by atoms with Gasteiger partial charge < -0.3 is 9.73 Å². The second kappa shape index (κ2) is 8.73. The minimum absolute atomic E-state index is 0.0705. The highest BCUT2D eigenvalue weighted by atomic mass is 32.2. The number of aromatic nitrogens is 2. The molecule has 0 atom stereocenters. The zero-order valence-corrected chi connectivity index (χ0v) is 15.3. The molecule has 2 heterocycles. The van der Waals surface area contributed by atoms with Crippen LogP contribution >= 0.6 is 23.5 Å². The normalized spacial score (nSPS) is 10.6. The van der Waals surface area contributed by atoms with Crippen molar-refractivity contribution in [1.82, 2.24) is 15.3 Å². The molecule has 1 amide bonds. The average Bonchev–Trinajstić information content (AvgIpc) is 3.15. The molecule has 0 bridgehead atoms. The molecule has 0 radical (unpaired) electrons. The van der Waals surface area contributed by atoms with Crippen molar-refractivity contribution in [3.63, 3.8) is 0 Å². The lowest BCUT2D eigenvalue weighted by atomic mass is 10.2. The number of aryl methyl sites for hydroxylation is 1. The number of carbonyl (C=O) groups excluding carboxylic acids is 1. The van der Waals surface area contributed by atoms with Crippen LogP contribution in [0.3, 0.4) is 0 Å². The van der Waals surface area contributed by atoms with Gasteiger partial charge in [0.25, 0.3) is 0 Å². The molecular weight excluding hydrogens is 354 g/mol. The van der Waals surface area contributed by atoms with Gasteiger partial charge in [0.1, 0.15) is 15.8 Å². The molecule has 0 saturated heterocycles. The van der Waals surface area contributed by atoms with Gasteiger partial charge in [-0.05, 0) is 30.7 Å². The summed E-state index contributed by atoms with van der Waals surface area (Å²) in [5.41, 5.74) is 1.19. The summed E-state index contributed by atoms with van der Waals surface area (Å²) in [4.78, 5) is 21.9. The minimum Gasteiger partial charge on any atom is -0.467 e. The van der Waals surface area contributed by atoms with Gasteiger partial charge in [-0.1, -0.05) is 41.7 Å². The Morgan fingerprint density at radius 3 is 2.68 bits per heavy atom. The molecule has 0 spiro atoms. The number of rotatable bonds is 7. The second-order valence-corrected chi connectivity index (χ2v) is 7.17. The highest BCUT2D eigenvalue weighted by Crippen LogP contribution is 2.33. The van der Waals surface area contributed by atoms with E-state index in [1.807, 2.05) is 18.2 Å². The van der Waals surface area contributed by atoms with Crippen LogP contribution in [0.25, 0.3) is 0 Å². The van der Waals surface area contributed by atoms with E-state index in [2.05, 4.69) is 34.3 Å². The van der Waals surface area contributed by atoms with Crippen molar-refractivity contribution in [2.45, 2.75) is 28.4 Å². The first kappa shape index (κ1) is 17.6. The van der Waals surface area contributed by atoms with E-state index >= 15 is 0 Å². The van der Waals surface area contributed by atoms with Crippen LogP contribution in [0.4, 0.5) is 0 Å². The SMILES string of the molecule is Cc1ccccc1Sc1nccnc1SCC(=O)NCc1ccco1. The Morgan fingerprint density at radius 1 is 1.12 bits per heavy atom. The summed E-state index contributed by atoms with van der Waals surface area (Å²) < 4.78 is 5.20. The Morgan fingerprint density at radius 2 is 1.92 bits per heavy atom. The molecule has 25 heavy (non-hydrogen) atoms. The number of hydrogen-bond donors (Lipinski definition) is 1. The molecule has 3 rings (SSSR count). The first-order valence-electron chi connectivity index (χ1n) is 7.69. The van der Waals surface area contributed by atoms with Crippen molar-refractivity contribution in [2.75, 3.05) is 5.75 Å². The fraction of sp³-hybridized carbons (Fsp3) is 0.167. The number of thioether (sulfide) groups is 1.